The van der Waals surface area contributed by atoms with Gasteiger partial charge in [0.2, 0.25) is 11.4 Å². The molecule has 4 heteroatoms. The van der Waals surface area contributed by atoms with Crippen molar-refractivity contribution in [2.75, 3.05) is 0 Å². The average Bonchev–Trinajstić information content (AvgIpc) is 3.59. The zero-order valence-corrected chi connectivity index (χ0v) is 24.3. The van der Waals surface area contributed by atoms with Crippen molar-refractivity contribution in [1.29, 1.82) is 0 Å². The molecule has 10 rings (SSSR count). The van der Waals surface area contributed by atoms with Gasteiger partial charge in [0.05, 0.1) is 28.7 Å². The van der Waals surface area contributed by atoms with Gasteiger partial charge in [0, 0.05) is 57.3 Å². The molecule has 3 aromatic carbocycles. The zero-order valence-electron chi connectivity index (χ0n) is 24.3. The fourth-order valence-electron chi connectivity index (χ4n) is 8.36. The van der Waals surface area contributed by atoms with Gasteiger partial charge in [-0.3, -0.25) is 4.40 Å². The Morgan fingerprint density at radius 3 is 2.39 bits per heavy atom. The van der Waals surface area contributed by atoms with Crippen LogP contribution < -0.4 is 9.13 Å². The fourth-order valence-corrected chi connectivity index (χ4v) is 8.36. The van der Waals surface area contributed by atoms with Gasteiger partial charge in [-0.25, -0.2) is 4.98 Å². The third-order valence-corrected chi connectivity index (χ3v) is 10.2. The molecule has 2 atom stereocenters. The first kappa shape index (κ1) is 24.1. The van der Waals surface area contributed by atoms with E-state index in [2.05, 4.69) is 135 Å². The molecule has 208 valence electrons. The summed E-state index contributed by atoms with van der Waals surface area (Å²) in [6, 6.07) is 40.2. The lowest BCUT2D eigenvalue weighted by molar-refractivity contribution is -0.720. The Balaban J connectivity index is 1.26. The summed E-state index contributed by atoms with van der Waals surface area (Å²) in [5.41, 5.74) is 12.2. The summed E-state index contributed by atoms with van der Waals surface area (Å²) in [4.78, 5) is 5.60. The third kappa shape index (κ3) is 3.15. The second kappa shape index (κ2) is 8.84. The van der Waals surface area contributed by atoms with E-state index in [4.69, 9.17) is 11.6 Å². The summed E-state index contributed by atoms with van der Waals surface area (Å²) >= 11 is 0. The number of para-hydroxylation sites is 2. The Morgan fingerprint density at radius 2 is 1.45 bits per heavy atom. The van der Waals surface area contributed by atoms with Crippen molar-refractivity contribution < 1.29 is 9.13 Å². The highest BCUT2D eigenvalue weighted by atomic mass is 15.1. The van der Waals surface area contributed by atoms with Gasteiger partial charge >= 0.3 is 0 Å². The minimum atomic E-state index is 0.266. The van der Waals surface area contributed by atoms with E-state index in [0.717, 1.165) is 42.0 Å². The van der Waals surface area contributed by atoms with Crippen molar-refractivity contribution >= 4 is 43.9 Å². The highest BCUT2D eigenvalue weighted by Gasteiger charge is 2.42. The molecule has 7 heterocycles. The standard InChI is InChI=1S/C40H30N4/c1-25-23-38-29(26-11-2-3-12-27(26)35-16-7-9-22-43(35)38)19-20-34-33(36-17-6-8-21-42(25)36)24-32-31-15-10-14-30-28-13-4-5-18-37(28)44(39(30)31)40(32)41-34/h2-18,21-22,24,29,38H,1,19-20,23H2/q+2. The molecule has 0 saturated carbocycles. The average molecular weight is 567 g/mol. The topological polar surface area (TPSA) is 25.1 Å². The second-order valence-electron chi connectivity index (χ2n) is 12.4. The number of benzene rings is 3. The van der Waals surface area contributed by atoms with Crippen LogP contribution in [0.4, 0.5) is 0 Å². The minimum absolute atomic E-state index is 0.266. The highest BCUT2D eigenvalue weighted by molar-refractivity contribution is 6.22. The van der Waals surface area contributed by atoms with Gasteiger partial charge in [-0.1, -0.05) is 54.6 Å². The highest BCUT2D eigenvalue weighted by Crippen LogP contribution is 2.45. The van der Waals surface area contributed by atoms with E-state index in [1.807, 2.05) is 0 Å². The van der Waals surface area contributed by atoms with E-state index in [-0.39, 0.29) is 6.04 Å². The first-order valence-corrected chi connectivity index (χ1v) is 15.6. The lowest BCUT2D eigenvalue weighted by atomic mass is 9.78. The normalized spacial score (nSPS) is 17.8. The molecule has 0 N–H and O–H groups in total. The number of hydrogen-bond donors (Lipinski definition) is 0. The monoisotopic (exact) mass is 566 g/mol. The molecule has 8 aromatic rings. The number of nitrogens with zero attached hydrogens (tertiary/aromatic N) is 4. The maximum Gasteiger partial charge on any atom is 0.219 e. The van der Waals surface area contributed by atoms with Crippen molar-refractivity contribution in [3.63, 3.8) is 0 Å². The van der Waals surface area contributed by atoms with Crippen LogP contribution in [0.3, 0.4) is 0 Å². The molecule has 0 saturated heterocycles. The maximum atomic E-state index is 5.60. The quantitative estimate of drug-likeness (QED) is 0.170. The van der Waals surface area contributed by atoms with Gasteiger partial charge in [-0.2, -0.15) is 9.13 Å². The van der Waals surface area contributed by atoms with Crippen molar-refractivity contribution in [2.45, 2.75) is 31.2 Å². The van der Waals surface area contributed by atoms with Gasteiger partial charge < -0.3 is 0 Å². The molecule has 2 unspecified atom stereocenters. The van der Waals surface area contributed by atoms with Crippen LogP contribution in [0.25, 0.3) is 66.4 Å². The largest absolute Gasteiger partial charge is 0.293 e. The maximum absolute atomic E-state index is 5.60. The van der Waals surface area contributed by atoms with E-state index in [1.165, 1.54) is 55.0 Å². The molecular weight excluding hydrogens is 536 g/mol. The van der Waals surface area contributed by atoms with Crippen LogP contribution in [0.1, 0.15) is 36.1 Å². The lowest BCUT2D eigenvalue weighted by Gasteiger charge is -2.31. The third-order valence-electron chi connectivity index (χ3n) is 10.2. The summed E-state index contributed by atoms with van der Waals surface area (Å²) in [6.45, 7) is 4.71. The van der Waals surface area contributed by atoms with Crippen molar-refractivity contribution in [2.24, 2.45) is 0 Å². The summed E-state index contributed by atoms with van der Waals surface area (Å²) in [5, 5.41) is 5.04. The Bertz CT molecular complexity index is 2470. The summed E-state index contributed by atoms with van der Waals surface area (Å²) in [7, 11) is 0. The van der Waals surface area contributed by atoms with E-state index in [1.54, 1.807) is 0 Å². The van der Waals surface area contributed by atoms with E-state index >= 15 is 0 Å². The lowest BCUT2D eigenvalue weighted by Crippen LogP contribution is -2.49. The number of allylic oxidation sites excluding steroid dienone is 1. The van der Waals surface area contributed by atoms with Crippen LogP contribution >= 0.6 is 0 Å². The molecule has 0 bridgehead atoms. The number of rotatable bonds is 0. The molecule has 2 aliphatic heterocycles. The molecular formula is C40H30N4+2. The Labute approximate surface area is 255 Å². The van der Waals surface area contributed by atoms with Crippen LogP contribution in [0.15, 0.2) is 128 Å². The number of aromatic nitrogens is 4. The molecule has 0 fully saturated rings. The zero-order chi connectivity index (χ0) is 28.9. The molecule has 0 aliphatic carbocycles. The van der Waals surface area contributed by atoms with Gasteiger partial charge in [-0.15, -0.1) is 0 Å². The van der Waals surface area contributed by atoms with E-state index < -0.39 is 0 Å². The molecule has 0 spiro atoms. The van der Waals surface area contributed by atoms with Gasteiger partial charge in [0.25, 0.3) is 0 Å². The van der Waals surface area contributed by atoms with Gasteiger partial charge in [0.15, 0.2) is 24.1 Å². The Morgan fingerprint density at radius 1 is 0.705 bits per heavy atom. The van der Waals surface area contributed by atoms with Crippen LogP contribution in [0.5, 0.6) is 0 Å². The van der Waals surface area contributed by atoms with Crippen molar-refractivity contribution in [3.05, 3.63) is 139 Å². The van der Waals surface area contributed by atoms with Crippen molar-refractivity contribution in [3.8, 4) is 22.5 Å². The molecule has 0 radical (unpaired) electrons. The van der Waals surface area contributed by atoms with Gasteiger partial charge in [-0.05, 0) is 55.3 Å². The fraction of sp³-hybridized carbons (Fsp3) is 0.125. The van der Waals surface area contributed by atoms with Crippen molar-refractivity contribution in [1.82, 2.24) is 9.38 Å². The number of hydrogen-bond acceptors (Lipinski definition) is 1. The number of aryl methyl sites for hydroxylation is 1. The molecule has 4 nitrogen and oxygen atoms in total. The summed E-state index contributed by atoms with van der Waals surface area (Å²) in [5.74, 6) is 0.341. The van der Waals surface area contributed by atoms with Gasteiger partial charge in [0.1, 0.15) is 5.65 Å². The predicted molar refractivity (Wildman–Crippen MR) is 177 cm³/mol. The first-order chi connectivity index (χ1) is 21.8. The predicted octanol–water partition coefficient (Wildman–Crippen LogP) is 8.29. The SMILES string of the molecule is C=C1CC2C(CCc3nc4c(cc3-c3cccc[n+]31)c1cccc3c5ccccc5n4c31)c1ccccc1-c1cccc[n+]12. The van der Waals surface area contributed by atoms with Crippen LogP contribution in [0.2, 0.25) is 0 Å². The van der Waals surface area contributed by atoms with Crippen LogP contribution in [-0.2, 0) is 6.42 Å². The molecule has 0 amide bonds. The smallest absolute Gasteiger partial charge is 0.219 e. The summed E-state index contributed by atoms with van der Waals surface area (Å²) < 4.78 is 7.21. The molecule has 5 aromatic heterocycles. The van der Waals surface area contributed by atoms with E-state index in [9.17, 15) is 0 Å². The molecule has 2 aliphatic rings. The van der Waals surface area contributed by atoms with Crippen LogP contribution in [-0.4, -0.2) is 9.38 Å². The minimum Gasteiger partial charge on any atom is -0.293 e. The second-order valence-corrected chi connectivity index (χ2v) is 12.4. The summed E-state index contributed by atoms with van der Waals surface area (Å²) in [6.07, 6.45) is 7.21. The molecule has 44 heavy (non-hydrogen) atoms. The Hall–Kier alpha value is -5.35. The number of fused-ring (bicyclic) bond motifs is 15. The van der Waals surface area contributed by atoms with E-state index in [0.29, 0.717) is 5.92 Å². The Kier molecular flexibility index (Phi) is 4.85. The van der Waals surface area contributed by atoms with Crippen LogP contribution in [0, 0.1) is 0 Å². The first-order valence-electron chi connectivity index (χ1n) is 15.6. The number of pyridine rings is 3.